The Kier molecular flexibility index (Phi) is 5.56. The van der Waals surface area contributed by atoms with Gasteiger partial charge in [0.25, 0.3) is 11.5 Å². The van der Waals surface area contributed by atoms with Gasteiger partial charge in [0.2, 0.25) is 5.69 Å². The highest BCUT2D eigenvalue weighted by molar-refractivity contribution is 6.30. The average molecular weight is 351 g/mol. The summed E-state index contributed by atoms with van der Waals surface area (Å²) in [4.78, 5) is 37.2. The molecule has 1 aromatic heterocycles. The van der Waals surface area contributed by atoms with Gasteiger partial charge in [-0.3, -0.25) is 14.2 Å². The van der Waals surface area contributed by atoms with Crippen molar-refractivity contribution >= 4 is 17.5 Å². The van der Waals surface area contributed by atoms with Crippen molar-refractivity contribution in [3.8, 4) is 5.69 Å². The maximum absolute atomic E-state index is 12.5. The molecule has 0 saturated carbocycles. The molecular weight excluding hydrogens is 332 g/mol. The van der Waals surface area contributed by atoms with Crippen LogP contribution >= 0.6 is 11.6 Å². The number of nitrogens with one attached hydrogen (secondary N) is 1. The molecule has 24 heavy (non-hydrogen) atoms. The summed E-state index contributed by atoms with van der Waals surface area (Å²) < 4.78 is 2.01. The second-order valence-electron chi connectivity index (χ2n) is 5.35. The van der Waals surface area contributed by atoms with Crippen molar-refractivity contribution in [3.05, 3.63) is 55.8 Å². The molecule has 2 rings (SSSR count). The lowest BCUT2D eigenvalue weighted by Crippen LogP contribution is -2.46. The lowest BCUT2D eigenvalue weighted by molar-refractivity contribution is 0.0929. The fourth-order valence-corrected chi connectivity index (χ4v) is 2.21. The van der Waals surface area contributed by atoms with E-state index in [0.717, 1.165) is 9.25 Å². The van der Waals surface area contributed by atoms with E-state index >= 15 is 0 Å². The van der Waals surface area contributed by atoms with Gasteiger partial charge in [0.05, 0.1) is 5.69 Å². The standard InChI is InChI=1S/C16H19ClN4O3/c1-4-10(3)18-14(22)13-15(23)20(5-2)16(24)21(19-13)12-8-6-11(17)7-9-12/h6-10H,4-5H2,1-3H3,(H,18,22). The Morgan fingerprint density at radius 1 is 1.25 bits per heavy atom. The van der Waals surface area contributed by atoms with E-state index in [9.17, 15) is 14.4 Å². The summed E-state index contributed by atoms with van der Waals surface area (Å²) in [6.07, 6.45) is 0.713. The molecule has 0 spiro atoms. The summed E-state index contributed by atoms with van der Waals surface area (Å²) in [6.45, 7) is 5.53. The molecule has 0 aliphatic rings. The lowest BCUT2D eigenvalue weighted by atomic mass is 10.2. The molecule has 1 aromatic carbocycles. The molecule has 1 heterocycles. The van der Waals surface area contributed by atoms with Crippen LogP contribution in [0.25, 0.3) is 5.69 Å². The molecule has 0 aliphatic carbocycles. The number of carbonyl (C=O) groups is 1. The number of benzene rings is 1. The molecule has 1 unspecified atom stereocenters. The largest absolute Gasteiger partial charge is 0.352 e. The van der Waals surface area contributed by atoms with Crippen LogP contribution in [0.15, 0.2) is 33.9 Å². The van der Waals surface area contributed by atoms with Crippen LogP contribution < -0.4 is 16.6 Å². The minimum Gasteiger partial charge on any atom is -0.348 e. The van der Waals surface area contributed by atoms with Gasteiger partial charge in [-0.1, -0.05) is 18.5 Å². The second kappa shape index (κ2) is 7.44. The van der Waals surface area contributed by atoms with Crippen LogP contribution in [0.3, 0.4) is 0 Å². The fourth-order valence-electron chi connectivity index (χ4n) is 2.08. The average Bonchev–Trinajstić information content (AvgIpc) is 2.56. The molecule has 0 fully saturated rings. The molecule has 128 valence electrons. The number of aromatic nitrogens is 3. The van der Waals surface area contributed by atoms with Gasteiger partial charge in [-0.05, 0) is 44.5 Å². The van der Waals surface area contributed by atoms with Crippen molar-refractivity contribution in [2.75, 3.05) is 0 Å². The maximum atomic E-state index is 12.5. The van der Waals surface area contributed by atoms with E-state index in [4.69, 9.17) is 11.6 Å². The molecule has 1 atom stereocenters. The molecule has 2 aromatic rings. The first-order valence-corrected chi connectivity index (χ1v) is 8.07. The zero-order valence-corrected chi connectivity index (χ0v) is 14.5. The first-order chi connectivity index (χ1) is 11.4. The molecule has 7 nitrogen and oxygen atoms in total. The fraction of sp³-hybridized carbons (Fsp3) is 0.375. The van der Waals surface area contributed by atoms with Crippen LogP contribution in [0.4, 0.5) is 0 Å². The molecule has 0 bridgehead atoms. The van der Waals surface area contributed by atoms with Crippen LogP contribution in [-0.4, -0.2) is 26.3 Å². The minimum atomic E-state index is -0.700. The Bertz CT molecular complexity index is 855. The van der Waals surface area contributed by atoms with Crippen molar-refractivity contribution < 1.29 is 4.79 Å². The number of rotatable bonds is 5. The highest BCUT2D eigenvalue weighted by atomic mass is 35.5. The summed E-state index contributed by atoms with van der Waals surface area (Å²) in [5.74, 6) is -0.598. The quantitative estimate of drug-likeness (QED) is 0.887. The zero-order chi connectivity index (χ0) is 17.9. The van der Waals surface area contributed by atoms with Crippen LogP contribution in [-0.2, 0) is 6.54 Å². The van der Waals surface area contributed by atoms with Crippen LogP contribution in [0.5, 0.6) is 0 Å². The SMILES string of the molecule is CCC(C)NC(=O)c1nn(-c2ccc(Cl)cc2)c(=O)n(CC)c1=O. The molecular formula is C16H19ClN4O3. The van der Waals surface area contributed by atoms with E-state index in [1.807, 2.05) is 13.8 Å². The third-order valence-electron chi connectivity index (χ3n) is 3.65. The minimum absolute atomic E-state index is 0.107. The zero-order valence-electron chi connectivity index (χ0n) is 13.7. The Balaban J connectivity index is 2.63. The third-order valence-corrected chi connectivity index (χ3v) is 3.90. The van der Waals surface area contributed by atoms with Crippen molar-refractivity contribution in [1.82, 2.24) is 19.7 Å². The van der Waals surface area contributed by atoms with Crippen molar-refractivity contribution in [1.29, 1.82) is 0 Å². The number of halogens is 1. The topological polar surface area (TPSA) is 86.0 Å². The lowest BCUT2D eigenvalue weighted by Gasteiger charge is -2.13. The van der Waals surface area contributed by atoms with E-state index < -0.39 is 17.2 Å². The highest BCUT2D eigenvalue weighted by Crippen LogP contribution is 2.11. The van der Waals surface area contributed by atoms with Crippen LogP contribution in [0.1, 0.15) is 37.7 Å². The monoisotopic (exact) mass is 350 g/mol. The molecule has 0 radical (unpaired) electrons. The van der Waals surface area contributed by atoms with Gasteiger partial charge in [-0.25, -0.2) is 4.79 Å². The Morgan fingerprint density at radius 2 is 1.88 bits per heavy atom. The van der Waals surface area contributed by atoms with E-state index in [1.165, 1.54) is 0 Å². The molecule has 8 heteroatoms. The van der Waals surface area contributed by atoms with Gasteiger partial charge in [-0.15, -0.1) is 0 Å². The normalized spacial score (nSPS) is 12.0. The van der Waals surface area contributed by atoms with Gasteiger partial charge >= 0.3 is 5.69 Å². The predicted molar refractivity (Wildman–Crippen MR) is 92.0 cm³/mol. The van der Waals surface area contributed by atoms with E-state index in [1.54, 1.807) is 31.2 Å². The van der Waals surface area contributed by atoms with Gasteiger partial charge in [0, 0.05) is 17.6 Å². The van der Waals surface area contributed by atoms with Gasteiger partial charge in [0.15, 0.2) is 0 Å². The number of hydrogen-bond donors (Lipinski definition) is 1. The summed E-state index contributed by atoms with van der Waals surface area (Å²) in [6, 6.07) is 6.29. The van der Waals surface area contributed by atoms with Crippen LogP contribution in [0.2, 0.25) is 5.02 Å². The van der Waals surface area contributed by atoms with E-state index in [2.05, 4.69) is 10.4 Å². The summed E-state index contributed by atoms with van der Waals surface area (Å²) in [5.41, 5.74) is -1.20. The number of amides is 1. The smallest absolute Gasteiger partial charge is 0.348 e. The van der Waals surface area contributed by atoms with Crippen molar-refractivity contribution in [2.45, 2.75) is 39.8 Å². The number of carbonyl (C=O) groups excluding carboxylic acids is 1. The molecule has 1 N–H and O–H groups in total. The summed E-state index contributed by atoms with van der Waals surface area (Å²) in [7, 11) is 0. The maximum Gasteiger partial charge on any atom is 0.352 e. The summed E-state index contributed by atoms with van der Waals surface area (Å²) >= 11 is 5.85. The molecule has 0 aliphatic heterocycles. The van der Waals surface area contributed by atoms with Gasteiger partial charge < -0.3 is 5.32 Å². The Morgan fingerprint density at radius 3 is 2.42 bits per heavy atom. The van der Waals surface area contributed by atoms with Gasteiger partial charge in [0.1, 0.15) is 0 Å². The highest BCUT2D eigenvalue weighted by Gasteiger charge is 2.20. The van der Waals surface area contributed by atoms with Crippen molar-refractivity contribution in [3.63, 3.8) is 0 Å². The number of hydrogen-bond acceptors (Lipinski definition) is 4. The number of nitrogens with zero attached hydrogens (tertiary/aromatic N) is 3. The molecule has 0 saturated heterocycles. The van der Waals surface area contributed by atoms with Crippen molar-refractivity contribution in [2.24, 2.45) is 0 Å². The first kappa shape index (κ1) is 17.9. The van der Waals surface area contributed by atoms with Crippen LogP contribution in [0, 0.1) is 0 Å². The first-order valence-electron chi connectivity index (χ1n) is 7.70. The second-order valence-corrected chi connectivity index (χ2v) is 5.79. The van der Waals surface area contributed by atoms with E-state index in [-0.39, 0.29) is 18.3 Å². The van der Waals surface area contributed by atoms with Gasteiger partial charge in [-0.2, -0.15) is 9.78 Å². The molecule has 1 amide bonds. The summed E-state index contributed by atoms with van der Waals surface area (Å²) in [5, 5.41) is 7.18. The Hall–Kier alpha value is -2.41. The predicted octanol–water partition coefficient (Wildman–Crippen LogP) is 1.60. The van der Waals surface area contributed by atoms with E-state index in [0.29, 0.717) is 17.1 Å². The Labute approximate surface area is 143 Å². The third kappa shape index (κ3) is 3.56.